The van der Waals surface area contributed by atoms with Gasteiger partial charge in [0.15, 0.2) is 0 Å². The SMILES string of the molecule is COc1c(C#N)cnc2c(C)cc(C)cc12. The molecule has 0 aliphatic rings. The zero-order valence-electron chi connectivity index (χ0n) is 9.53. The first kappa shape index (κ1) is 10.4. The highest BCUT2D eigenvalue weighted by atomic mass is 16.5. The lowest BCUT2D eigenvalue weighted by Crippen LogP contribution is -1.94. The van der Waals surface area contributed by atoms with E-state index in [0.29, 0.717) is 11.3 Å². The zero-order chi connectivity index (χ0) is 11.7. The van der Waals surface area contributed by atoms with Crippen LogP contribution in [0, 0.1) is 25.2 Å². The molecule has 80 valence electrons. The molecule has 0 radical (unpaired) electrons. The number of nitrogens with zero attached hydrogens (tertiary/aromatic N) is 2. The zero-order valence-corrected chi connectivity index (χ0v) is 9.53. The summed E-state index contributed by atoms with van der Waals surface area (Å²) in [7, 11) is 1.58. The second-order valence-electron chi connectivity index (χ2n) is 3.79. The molecule has 1 aromatic heterocycles. The first-order valence-corrected chi connectivity index (χ1v) is 5.01. The average Bonchev–Trinajstić information content (AvgIpc) is 2.27. The predicted octanol–water partition coefficient (Wildman–Crippen LogP) is 2.73. The van der Waals surface area contributed by atoms with E-state index in [1.165, 1.54) is 0 Å². The van der Waals surface area contributed by atoms with Crippen LogP contribution in [0.1, 0.15) is 16.7 Å². The number of aryl methyl sites for hydroxylation is 2. The van der Waals surface area contributed by atoms with Crippen LogP contribution in [0.15, 0.2) is 18.3 Å². The van der Waals surface area contributed by atoms with Gasteiger partial charge in [-0.3, -0.25) is 4.98 Å². The molecule has 0 saturated carbocycles. The van der Waals surface area contributed by atoms with Gasteiger partial charge < -0.3 is 4.74 Å². The Labute approximate surface area is 94.3 Å². The van der Waals surface area contributed by atoms with Crippen LogP contribution in [0.25, 0.3) is 10.9 Å². The number of benzene rings is 1. The van der Waals surface area contributed by atoms with E-state index in [2.05, 4.69) is 17.1 Å². The fourth-order valence-corrected chi connectivity index (χ4v) is 1.94. The van der Waals surface area contributed by atoms with Crippen LogP contribution in [0.2, 0.25) is 0 Å². The van der Waals surface area contributed by atoms with Crippen LogP contribution >= 0.6 is 0 Å². The Morgan fingerprint density at radius 2 is 2.06 bits per heavy atom. The van der Waals surface area contributed by atoms with Crippen LogP contribution in [-0.4, -0.2) is 12.1 Å². The Balaban J connectivity index is 2.93. The number of methoxy groups -OCH3 is 1. The van der Waals surface area contributed by atoms with Crippen LogP contribution in [0.4, 0.5) is 0 Å². The maximum Gasteiger partial charge on any atom is 0.147 e. The molecule has 3 nitrogen and oxygen atoms in total. The lowest BCUT2D eigenvalue weighted by atomic mass is 10.0. The molecule has 16 heavy (non-hydrogen) atoms. The number of rotatable bonds is 1. The van der Waals surface area contributed by atoms with Gasteiger partial charge in [-0.25, -0.2) is 0 Å². The molecule has 1 aromatic carbocycles. The third kappa shape index (κ3) is 1.49. The number of fused-ring (bicyclic) bond motifs is 1. The number of ether oxygens (including phenoxy) is 1. The van der Waals surface area contributed by atoms with Crippen LogP contribution in [0.3, 0.4) is 0 Å². The minimum Gasteiger partial charge on any atom is -0.495 e. The smallest absolute Gasteiger partial charge is 0.147 e. The molecule has 0 aliphatic heterocycles. The van der Waals surface area contributed by atoms with E-state index in [4.69, 9.17) is 10.00 Å². The van der Waals surface area contributed by atoms with E-state index in [-0.39, 0.29) is 0 Å². The summed E-state index contributed by atoms with van der Waals surface area (Å²) in [6.45, 7) is 4.03. The Kier molecular flexibility index (Phi) is 2.49. The summed E-state index contributed by atoms with van der Waals surface area (Å²) in [5, 5.41) is 9.88. The van der Waals surface area contributed by atoms with Gasteiger partial charge in [0, 0.05) is 11.6 Å². The summed E-state index contributed by atoms with van der Waals surface area (Å²) in [5.74, 6) is 0.610. The fourth-order valence-electron chi connectivity index (χ4n) is 1.94. The van der Waals surface area contributed by atoms with E-state index in [9.17, 15) is 0 Å². The molecule has 0 atom stereocenters. The van der Waals surface area contributed by atoms with Crippen molar-refractivity contribution in [1.82, 2.24) is 4.98 Å². The lowest BCUT2D eigenvalue weighted by Gasteiger charge is -2.09. The summed E-state index contributed by atoms with van der Waals surface area (Å²) in [4.78, 5) is 4.30. The third-order valence-electron chi connectivity index (χ3n) is 2.58. The molecule has 0 bridgehead atoms. The fraction of sp³-hybridized carbons (Fsp3) is 0.231. The Hall–Kier alpha value is -2.08. The Morgan fingerprint density at radius 1 is 1.31 bits per heavy atom. The quantitative estimate of drug-likeness (QED) is 0.730. The topological polar surface area (TPSA) is 45.9 Å². The molecule has 0 amide bonds. The second-order valence-corrected chi connectivity index (χ2v) is 3.79. The maximum atomic E-state index is 8.98. The van der Waals surface area contributed by atoms with Gasteiger partial charge in [-0.2, -0.15) is 5.26 Å². The molecule has 0 saturated heterocycles. The van der Waals surface area contributed by atoms with E-state index in [0.717, 1.165) is 22.0 Å². The summed E-state index contributed by atoms with van der Waals surface area (Å²) >= 11 is 0. The third-order valence-corrected chi connectivity index (χ3v) is 2.58. The van der Waals surface area contributed by atoms with Gasteiger partial charge in [-0.05, 0) is 31.0 Å². The largest absolute Gasteiger partial charge is 0.495 e. The van der Waals surface area contributed by atoms with Gasteiger partial charge in [0.2, 0.25) is 0 Å². The van der Waals surface area contributed by atoms with Crippen molar-refractivity contribution < 1.29 is 4.74 Å². The van der Waals surface area contributed by atoms with Crippen molar-refractivity contribution in [3.63, 3.8) is 0 Å². The van der Waals surface area contributed by atoms with Gasteiger partial charge >= 0.3 is 0 Å². The highest BCUT2D eigenvalue weighted by Crippen LogP contribution is 2.30. The van der Waals surface area contributed by atoms with Crippen LogP contribution < -0.4 is 4.74 Å². The summed E-state index contributed by atoms with van der Waals surface area (Å²) in [5.41, 5.74) is 3.60. The van der Waals surface area contributed by atoms with Gasteiger partial charge in [0.25, 0.3) is 0 Å². The molecule has 0 unspecified atom stereocenters. The van der Waals surface area contributed by atoms with Crippen molar-refractivity contribution in [2.24, 2.45) is 0 Å². The number of pyridine rings is 1. The minimum atomic E-state index is 0.472. The molecule has 0 fully saturated rings. The maximum absolute atomic E-state index is 8.98. The first-order chi connectivity index (χ1) is 7.67. The minimum absolute atomic E-state index is 0.472. The summed E-state index contributed by atoms with van der Waals surface area (Å²) in [6, 6.07) is 6.16. The highest BCUT2D eigenvalue weighted by molar-refractivity contribution is 5.90. The predicted molar refractivity (Wildman–Crippen MR) is 62.5 cm³/mol. The van der Waals surface area contributed by atoms with Crippen molar-refractivity contribution in [3.8, 4) is 11.8 Å². The highest BCUT2D eigenvalue weighted by Gasteiger charge is 2.10. The standard InChI is InChI=1S/C13H12N2O/c1-8-4-9(2)12-11(5-8)13(16-3)10(6-14)7-15-12/h4-5,7H,1-3H3. The summed E-state index contributed by atoms with van der Waals surface area (Å²) in [6.07, 6.45) is 1.56. The molecular weight excluding hydrogens is 200 g/mol. The molecule has 0 N–H and O–H groups in total. The van der Waals surface area contributed by atoms with E-state index in [1.807, 2.05) is 19.9 Å². The van der Waals surface area contributed by atoms with E-state index in [1.54, 1.807) is 13.3 Å². The normalized spacial score (nSPS) is 10.1. The van der Waals surface area contributed by atoms with Gasteiger partial charge in [0.05, 0.1) is 12.6 Å². The molecule has 2 rings (SSSR count). The molecule has 2 aromatic rings. The molecule has 3 heteroatoms. The molecule has 0 spiro atoms. The van der Waals surface area contributed by atoms with E-state index < -0.39 is 0 Å². The average molecular weight is 212 g/mol. The monoisotopic (exact) mass is 212 g/mol. The molecule has 1 heterocycles. The Morgan fingerprint density at radius 3 is 2.69 bits per heavy atom. The first-order valence-electron chi connectivity index (χ1n) is 5.01. The van der Waals surface area contributed by atoms with Crippen LogP contribution in [0.5, 0.6) is 5.75 Å². The van der Waals surface area contributed by atoms with Crippen molar-refractivity contribution in [3.05, 3.63) is 35.0 Å². The van der Waals surface area contributed by atoms with Crippen molar-refractivity contribution in [1.29, 1.82) is 5.26 Å². The van der Waals surface area contributed by atoms with Gasteiger partial charge in [0.1, 0.15) is 17.4 Å². The van der Waals surface area contributed by atoms with Crippen molar-refractivity contribution in [2.45, 2.75) is 13.8 Å². The molecular formula is C13H12N2O. The number of hydrogen-bond acceptors (Lipinski definition) is 3. The van der Waals surface area contributed by atoms with Crippen molar-refractivity contribution in [2.75, 3.05) is 7.11 Å². The Bertz CT molecular complexity index is 597. The number of aromatic nitrogens is 1. The molecule has 0 aliphatic carbocycles. The lowest BCUT2D eigenvalue weighted by molar-refractivity contribution is 0.418. The van der Waals surface area contributed by atoms with Crippen LogP contribution in [-0.2, 0) is 0 Å². The number of hydrogen-bond donors (Lipinski definition) is 0. The second kappa shape index (κ2) is 3.82. The van der Waals surface area contributed by atoms with Gasteiger partial charge in [-0.1, -0.05) is 6.07 Å². The summed E-state index contributed by atoms with van der Waals surface area (Å²) < 4.78 is 5.30. The van der Waals surface area contributed by atoms with Crippen molar-refractivity contribution >= 4 is 10.9 Å². The van der Waals surface area contributed by atoms with E-state index >= 15 is 0 Å². The van der Waals surface area contributed by atoms with Gasteiger partial charge in [-0.15, -0.1) is 0 Å². The number of nitriles is 1.